The molecule has 1 saturated carbocycles. The first-order valence-corrected chi connectivity index (χ1v) is 14.3. The van der Waals surface area contributed by atoms with Gasteiger partial charge in [0.1, 0.15) is 6.10 Å². The maximum Gasteiger partial charge on any atom is 0.404 e. The molecule has 0 unspecified atom stereocenters. The third-order valence-corrected chi connectivity index (χ3v) is 7.71. The third-order valence-electron chi connectivity index (χ3n) is 5.94. The monoisotopic (exact) mass is 578 g/mol. The highest BCUT2D eigenvalue weighted by Crippen LogP contribution is 2.37. The van der Waals surface area contributed by atoms with Crippen molar-refractivity contribution >= 4 is 39.4 Å². The molecule has 0 spiro atoms. The Morgan fingerprint density at radius 3 is 2.64 bits per heavy atom. The van der Waals surface area contributed by atoms with Crippen molar-refractivity contribution in [1.29, 1.82) is 0 Å². The first-order chi connectivity index (χ1) is 18.6. The predicted molar refractivity (Wildman–Crippen MR) is 145 cm³/mol. The van der Waals surface area contributed by atoms with Crippen LogP contribution in [0.2, 0.25) is 5.02 Å². The minimum absolute atomic E-state index is 0.0127. The Hall–Kier alpha value is -3.71. The first-order valence-electron chi connectivity index (χ1n) is 12.3. The molecule has 14 heteroatoms. The zero-order valence-electron chi connectivity index (χ0n) is 21.1. The maximum atomic E-state index is 15.0. The van der Waals surface area contributed by atoms with Crippen molar-refractivity contribution in [2.24, 2.45) is 5.73 Å². The van der Waals surface area contributed by atoms with E-state index in [1.165, 1.54) is 12.3 Å². The molecule has 3 aromatic rings. The number of ether oxygens (including phenoxy) is 2. The molecule has 1 amide bonds. The van der Waals surface area contributed by atoms with E-state index in [1.807, 2.05) is 0 Å². The van der Waals surface area contributed by atoms with Gasteiger partial charge in [0.2, 0.25) is 21.9 Å². The smallest absolute Gasteiger partial charge is 0.404 e. The SMILES string of the molecule is CCCS(=O)(=O)Nc1cc(F)c(Oc2ncccc2-c2ccnc(NC3CCC(OC(N)=O)CC3)n2)c(Cl)c1. The number of primary amides is 1. The third kappa shape index (κ3) is 7.67. The summed E-state index contributed by atoms with van der Waals surface area (Å²) in [5, 5.41) is 3.16. The summed E-state index contributed by atoms with van der Waals surface area (Å²) in [7, 11) is -3.63. The molecule has 0 aliphatic heterocycles. The number of nitrogens with one attached hydrogen (secondary N) is 2. The molecule has 0 atom stereocenters. The molecule has 39 heavy (non-hydrogen) atoms. The van der Waals surface area contributed by atoms with Crippen molar-refractivity contribution in [3.05, 3.63) is 53.6 Å². The van der Waals surface area contributed by atoms with Crippen LogP contribution in [0.1, 0.15) is 39.0 Å². The number of hydrogen-bond acceptors (Lipinski definition) is 9. The zero-order chi connectivity index (χ0) is 28.0. The lowest BCUT2D eigenvalue weighted by Crippen LogP contribution is -2.32. The van der Waals surface area contributed by atoms with Crippen LogP contribution in [0.25, 0.3) is 11.3 Å². The van der Waals surface area contributed by atoms with Crippen LogP contribution in [-0.4, -0.2) is 47.4 Å². The quantitative estimate of drug-likeness (QED) is 0.298. The summed E-state index contributed by atoms with van der Waals surface area (Å²) >= 11 is 6.26. The number of nitrogens with two attached hydrogens (primary N) is 1. The van der Waals surface area contributed by atoms with Gasteiger partial charge in [0.25, 0.3) is 0 Å². The molecule has 0 bridgehead atoms. The van der Waals surface area contributed by atoms with Crippen LogP contribution in [-0.2, 0) is 14.8 Å². The normalized spacial score (nSPS) is 17.3. The van der Waals surface area contributed by atoms with Gasteiger partial charge in [-0.15, -0.1) is 0 Å². The Labute approximate surface area is 230 Å². The number of hydrogen-bond donors (Lipinski definition) is 3. The number of amides is 1. The van der Waals surface area contributed by atoms with Crippen LogP contribution in [0.4, 0.5) is 20.8 Å². The standard InChI is InChI=1S/C25H28ClFN6O5S/c1-2-12-39(35,36)33-16-13-19(26)22(20(27)14-16)38-23-18(4-3-10-29-23)21-9-11-30-25(32-21)31-15-5-7-17(8-6-15)37-24(28)34/h3-4,9-11,13-15,17,33H,2,5-8,12H2,1H3,(H2,28,34)(H,30,31,32). The number of pyridine rings is 1. The fourth-order valence-corrected chi connectivity index (χ4v) is 5.59. The molecule has 1 aromatic carbocycles. The molecule has 0 radical (unpaired) electrons. The van der Waals surface area contributed by atoms with Crippen LogP contribution in [0.5, 0.6) is 11.6 Å². The summed E-state index contributed by atoms with van der Waals surface area (Å²) in [6, 6.07) is 7.40. The summed E-state index contributed by atoms with van der Waals surface area (Å²) in [6.45, 7) is 1.72. The van der Waals surface area contributed by atoms with Crippen molar-refractivity contribution in [1.82, 2.24) is 15.0 Å². The van der Waals surface area contributed by atoms with Gasteiger partial charge in [-0.05, 0) is 56.4 Å². The lowest BCUT2D eigenvalue weighted by atomic mass is 9.93. The summed E-state index contributed by atoms with van der Waals surface area (Å²) in [4.78, 5) is 24.1. The van der Waals surface area contributed by atoms with Crippen LogP contribution in [0, 0.1) is 5.82 Å². The van der Waals surface area contributed by atoms with E-state index in [0.717, 1.165) is 18.9 Å². The number of carbonyl (C=O) groups excluding carboxylic acids is 1. The van der Waals surface area contributed by atoms with Gasteiger partial charge in [-0.3, -0.25) is 4.72 Å². The zero-order valence-corrected chi connectivity index (χ0v) is 22.6. The number of anilines is 2. The molecule has 4 rings (SSSR count). The highest BCUT2D eigenvalue weighted by Gasteiger charge is 2.24. The van der Waals surface area contributed by atoms with E-state index in [-0.39, 0.29) is 40.2 Å². The molecule has 2 aromatic heterocycles. The molecule has 0 saturated heterocycles. The Balaban J connectivity index is 1.51. The summed E-state index contributed by atoms with van der Waals surface area (Å²) in [6.07, 6.45) is 5.33. The van der Waals surface area contributed by atoms with E-state index in [4.69, 9.17) is 26.8 Å². The first kappa shape index (κ1) is 28.3. The molecule has 2 heterocycles. The van der Waals surface area contributed by atoms with Crippen molar-refractivity contribution in [2.75, 3.05) is 15.8 Å². The van der Waals surface area contributed by atoms with E-state index in [9.17, 15) is 17.6 Å². The van der Waals surface area contributed by atoms with Crippen LogP contribution >= 0.6 is 11.6 Å². The van der Waals surface area contributed by atoms with Crippen LogP contribution in [0.3, 0.4) is 0 Å². The van der Waals surface area contributed by atoms with Gasteiger partial charge in [-0.1, -0.05) is 18.5 Å². The maximum absolute atomic E-state index is 15.0. The molecule has 4 N–H and O–H groups in total. The van der Waals surface area contributed by atoms with Gasteiger partial charge >= 0.3 is 6.09 Å². The van der Waals surface area contributed by atoms with Gasteiger partial charge in [-0.2, -0.15) is 0 Å². The minimum Gasteiger partial charge on any atom is -0.446 e. The number of benzene rings is 1. The second-order valence-corrected chi connectivity index (χ2v) is 11.2. The molecule has 1 aliphatic rings. The highest BCUT2D eigenvalue weighted by molar-refractivity contribution is 7.92. The number of sulfonamides is 1. The number of halogens is 2. The fraction of sp³-hybridized carbons (Fsp3) is 0.360. The van der Waals surface area contributed by atoms with Crippen molar-refractivity contribution in [3.63, 3.8) is 0 Å². The fourth-order valence-electron chi connectivity index (χ4n) is 4.23. The highest BCUT2D eigenvalue weighted by atomic mass is 35.5. The Morgan fingerprint density at radius 1 is 1.18 bits per heavy atom. The van der Waals surface area contributed by atoms with E-state index >= 15 is 0 Å². The van der Waals surface area contributed by atoms with E-state index < -0.39 is 21.9 Å². The van der Waals surface area contributed by atoms with Gasteiger partial charge < -0.3 is 20.5 Å². The second-order valence-electron chi connectivity index (χ2n) is 8.97. The average molecular weight is 579 g/mol. The van der Waals surface area contributed by atoms with Gasteiger partial charge in [0.05, 0.1) is 27.7 Å². The lowest BCUT2D eigenvalue weighted by molar-refractivity contribution is 0.0805. The Kier molecular flexibility index (Phi) is 9.02. The number of rotatable bonds is 10. The topological polar surface area (TPSA) is 158 Å². The van der Waals surface area contributed by atoms with Crippen molar-refractivity contribution < 1.29 is 27.1 Å². The van der Waals surface area contributed by atoms with Crippen molar-refractivity contribution in [2.45, 2.75) is 51.2 Å². The van der Waals surface area contributed by atoms with Crippen molar-refractivity contribution in [3.8, 4) is 22.9 Å². The number of carbonyl (C=O) groups is 1. The summed E-state index contributed by atoms with van der Waals surface area (Å²) in [5.74, 6) is -0.852. The van der Waals surface area contributed by atoms with E-state index in [2.05, 4.69) is 25.0 Å². The largest absolute Gasteiger partial charge is 0.446 e. The average Bonchev–Trinajstić information content (AvgIpc) is 2.87. The van der Waals surface area contributed by atoms with Gasteiger partial charge in [0.15, 0.2) is 11.6 Å². The summed E-state index contributed by atoms with van der Waals surface area (Å²) < 4.78 is 52.2. The minimum atomic E-state index is -3.63. The van der Waals surface area contributed by atoms with Crippen LogP contribution < -0.4 is 20.5 Å². The number of nitrogens with zero attached hydrogens (tertiary/aromatic N) is 3. The van der Waals surface area contributed by atoms with E-state index in [0.29, 0.717) is 36.5 Å². The number of aromatic nitrogens is 3. The molecule has 208 valence electrons. The van der Waals surface area contributed by atoms with Gasteiger partial charge in [-0.25, -0.2) is 32.6 Å². The summed E-state index contributed by atoms with van der Waals surface area (Å²) in [5.41, 5.74) is 6.03. The molecule has 1 aliphatic carbocycles. The molecular formula is C25H28ClFN6O5S. The molecule has 11 nitrogen and oxygen atoms in total. The molecule has 1 fully saturated rings. The van der Waals surface area contributed by atoms with E-state index in [1.54, 1.807) is 31.3 Å². The van der Waals surface area contributed by atoms with Gasteiger partial charge in [0, 0.05) is 24.5 Å². The lowest BCUT2D eigenvalue weighted by Gasteiger charge is -2.28. The second kappa shape index (κ2) is 12.4. The Bertz CT molecular complexity index is 1410. The van der Waals surface area contributed by atoms with Crippen LogP contribution in [0.15, 0.2) is 42.7 Å². The Morgan fingerprint density at radius 2 is 1.95 bits per heavy atom. The molecular weight excluding hydrogens is 551 g/mol. The predicted octanol–water partition coefficient (Wildman–Crippen LogP) is 5.09.